The summed E-state index contributed by atoms with van der Waals surface area (Å²) in [5, 5.41) is 10.9. The van der Waals surface area contributed by atoms with E-state index in [-0.39, 0.29) is 12.3 Å². The Bertz CT molecular complexity index is 897. The average Bonchev–Trinajstić information content (AvgIpc) is 3.22. The highest BCUT2D eigenvalue weighted by atomic mass is 32.1. The molecule has 0 aliphatic heterocycles. The summed E-state index contributed by atoms with van der Waals surface area (Å²) in [6.45, 7) is 1.93. The lowest BCUT2D eigenvalue weighted by atomic mass is 10.1. The van der Waals surface area contributed by atoms with Gasteiger partial charge in [0.25, 0.3) is 5.91 Å². The van der Waals surface area contributed by atoms with Crippen LogP contribution in [0.1, 0.15) is 28.0 Å². The highest BCUT2D eigenvalue weighted by Crippen LogP contribution is 2.27. The number of aromatic nitrogens is 1. The first-order chi connectivity index (χ1) is 12.0. The number of carboxylic acids is 1. The molecule has 0 aliphatic carbocycles. The van der Waals surface area contributed by atoms with Gasteiger partial charge < -0.3 is 5.11 Å². The van der Waals surface area contributed by atoms with Crippen LogP contribution in [0.15, 0.2) is 53.9 Å². The number of nitrogens with one attached hydrogen (secondary N) is 1. The zero-order chi connectivity index (χ0) is 17.8. The molecule has 2 N–H and O–H groups in total. The van der Waals surface area contributed by atoms with Crippen LogP contribution in [0.4, 0.5) is 0 Å². The van der Waals surface area contributed by atoms with E-state index in [2.05, 4.69) is 5.43 Å². The topological polar surface area (TPSA) is 71.3 Å². The van der Waals surface area contributed by atoms with Crippen molar-refractivity contribution in [1.29, 1.82) is 0 Å². The van der Waals surface area contributed by atoms with Gasteiger partial charge in [-0.2, -0.15) is 0 Å². The van der Waals surface area contributed by atoms with Crippen LogP contribution in [0.25, 0.3) is 10.6 Å². The molecule has 3 aromatic rings. The lowest BCUT2D eigenvalue weighted by Crippen LogP contribution is -2.25. The van der Waals surface area contributed by atoms with Gasteiger partial charge in [0.2, 0.25) is 0 Å². The van der Waals surface area contributed by atoms with E-state index in [4.69, 9.17) is 5.11 Å². The molecule has 0 radical (unpaired) electrons. The molecule has 0 bridgehead atoms. The number of carbonyl (C=O) groups excluding carboxylic acids is 1. The highest BCUT2D eigenvalue weighted by Gasteiger charge is 2.15. The van der Waals surface area contributed by atoms with E-state index in [0.29, 0.717) is 12.0 Å². The largest absolute Gasteiger partial charge is 0.481 e. The van der Waals surface area contributed by atoms with Crippen molar-refractivity contribution in [3.8, 4) is 10.6 Å². The molecule has 0 spiro atoms. The van der Waals surface area contributed by atoms with E-state index < -0.39 is 5.97 Å². The standard InChI is InChI=1S/C19H18N2O3S/c1-13-4-2-5-14(12-13)19(24)20-21-15(8-10-18(22)23)7-9-16(21)17-6-3-11-25-17/h2-7,9,11-12H,8,10H2,1H3,(H,20,24)(H,22,23). The van der Waals surface area contributed by atoms with Crippen molar-refractivity contribution in [3.63, 3.8) is 0 Å². The maximum absolute atomic E-state index is 12.6. The Morgan fingerprint density at radius 3 is 2.68 bits per heavy atom. The van der Waals surface area contributed by atoms with Crippen LogP contribution in [0.5, 0.6) is 0 Å². The third-order valence-electron chi connectivity index (χ3n) is 3.82. The van der Waals surface area contributed by atoms with Gasteiger partial charge in [-0.15, -0.1) is 11.3 Å². The Labute approximate surface area is 149 Å². The van der Waals surface area contributed by atoms with Gasteiger partial charge >= 0.3 is 5.97 Å². The number of benzene rings is 1. The fraction of sp³-hybridized carbons (Fsp3) is 0.158. The van der Waals surface area contributed by atoms with Crippen LogP contribution in [0.2, 0.25) is 0 Å². The molecule has 2 aromatic heterocycles. The monoisotopic (exact) mass is 354 g/mol. The Morgan fingerprint density at radius 2 is 2.00 bits per heavy atom. The van der Waals surface area contributed by atoms with Gasteiger partial charge in [-0.3, -0.25) is 19.7 Å². The summed E-state index contributed by atoms with van der Waals surface area (Å²) in [4.78, 5) is 24.5. The van der Waals surface area contributed by atoms with Gasteiger partial charge in [0.05, 0.1) is 17.0 Å². The van der Waals surface area contributed by atoms with Crippen LogP contribution < -0.4 is 5.43 Å². The van der Waals surface area contributed by atoms with Gasteiger partial charge in [0.15, 0.2) is 0 Å². The first-order valence-electron chi connectivity index (χ1n) is 7.89. The normalized spacial score (nSPS) is 10.6. The molecule has 1 amide bonds. The summed E-state index contributed by atoms with van der Waals surface area (Å²) in [6, 6.07) is 15.0. The second-order valence-corrected chi connectivity index (χ2v) is 6.67. The van der Waals surface area contributed by atoms with Crippen LogP contribution in [0, 0.1) is 6.92 Å². The molecule has 2 heterocycles. The van der Waals surface area contributed by atoms with Crippen LogP contribution in [0.3, 0.4) is 0 Å². The molecule has 0 saturated heterocycles. The summed E-state index contributed by atoms with van der Waals surface area (Å²) in [5.74, 6) is -1.09. The number of aliphatic carboxylic acids is 1. The molecule has 6 heteroatoms. The number of aryl methyl sites for hydroxylation is 2. The molecule has 25 heavy (non-hydrogen) atoms. The minimum Gasteiger partial charge on any atom is -0.481 e. The fourth-order valence-corrected chi connectivity index (χ4v) is 3.35. The number of thiophene rings is 1. The van der Waals surface area contributed by atoms with E-state index in [1.807, 2.05) is 54.8 Å². The lowest BCUT2D eigenvalue weighted by Gasteiger charge is -2.14. The Hall–Kier alpha value is -2.86. The molecule has 0 atom stereocenters. The molecule has 5 nitrogen and oxygen atoms in total. The Morgan fingerprint density at radius 1 is 1.16 bits per heavy atom. The van der Waals surface area contributed by atoms with Gasteiger partial charge in [0.1, 0.15) is 0 Å². The van der Waals surface area contributed by atoms with E-state index in [1.54, 1.807) is 22.1 Å². The van der Waals surface area contributed by atoms with Crippen LogP contribution in [-0.4, -0.2) is 21.7 Å². The molecular weight excluding hydrogens is 336 g/mol. The van der Waals surface area contributed by atoms with Crippen LogP contribution in [-0.2, 0) is 11.2 Å². The number of carbonyl (C=O) groups is 2. The van der Waals surface area contributed by atoms with Crippen molar-refractivity contribution < 1.29 is 14.7 Å². The Kier molecular flexibility index (Phi) is 5.00. The molecule has 0 unspecified atom stereocenters. The summed E-state index contributed by atoms with van der Waals surface area (Å²) < 4.78 is 1.69. The van der Waals surface area contributed by atoms with Crippen molar-refractivity contribution in [1.82, 2.24) is 4.68 Å². The summed E-state index contributed by atoms with van der Waals surface area (Å²) in [6.07, 6.45) is 0.350. The quantitative estimate of drug-likeness (QED) is 0.705. The third kappa shape index (κ3) is 3.97. The SMILES string of the molecule is Cc1cccc(C(=O)Nn2c(CCC(=O)O)ccc2-c2cccs2)c1. The van der Waals surface area contributed by atoms with Crippen molar-refractivity contribution >= 4 is 23.2 Å². The average molecular weight is 354 g/mol. The zero-order valence-corrected chi connectivity index (χ0v) is 14.5. The maximum atomic E-state index is 12.6. The third-order valence-corrected chi connectivity index (χ3v) is 4.72. The molecule has 0 aliphatic rings. The summed E-state index contributed by atoms with van der Waals surface area (Å²) in [5.41, 5.74) is 6.08. The molecule has 0 saturated carbocycles. The van der Waals surface area contributed by atoms with Crippen molar-refractivity contribution in [2.75, 3.05) is 5.43 Å². The smallest absolute Gasteiger partial charge is 0.303 e. The molecule has 128 valence electrons. The maximum Gasteiger partial charge on any atom is 0.303 e. The first-order valence-corrected chi connectivity index (χ1v) is 8.77. The van der Waals surface area contributed by atoms with E-state index >= 15 is 0 Å². The predicted molar refractivity (Wildman–Crippen MR) is 98.6 cm³/mol. The van der Waals surface area contributed by atoms with E-state index in [0.717, 1.165) is 21.8 Å². The van der Waals surface area contributed by atoms with Gasteiger partial charge in [-0.05, 0) is 42.6 Å². The Balaban J connectivity index is 1.93. The number of nitrogens with zero attached hydrogens (tertiary/aromatic N) is 1. The molecule has 0 fully saturated rings. The van der Waals surface area contributed by atoms with Gasteiger partial charge in [-0.25, -0.2) is 0 Å². The van der Waals surface area contributed by atoms with Crippen molar-refractivity contribution in [3.05, 3.63) is 70.7 Å². The lowest BCUT2D eigenvalue weighted by molar-refractivity contribution is -0.136. The van der Waals surface area contributed by atoms with Crippen LogP contribution >= 0.6 is 11.3 Å². The molecule has 1 aromatic carbocycles. The molecule has 3 rings (SSSR count). The number of carboxylic acid groups (broad SMARTS) is 1. The van der Waals surface area contributed by atoms with E-state index in [1.165, 1.54) is 0 Å². The number of rotatable bonds is 6. The second kappa shape index (κ2) is 7.36. The van der Waals surface area contributed by atoms with E-state index in [9.17, 15) is 9.59 Å². The predicted octanol–water partition coefficient (Wildman–Crippen LogP) is 3.93. The van der Waals surface area contributed by atoms with Crippen molar-refractivity contribution in [2.45, 2.75) is 19.8 Å². The minimum atomic E-state index is -0.865. The number of amides is 1. The number of hydrogen-bond acceptors (Lipinski definition) is 3. The highest BCUT2D eigenvalue weighted by molar-refractivity contribution is 7.13. The second-order valence-electron chi connectivity index (χ2n) is 5.73. The van der Waals surface area contributed by atoms with Gasteiger partial charge in [-0.1, -0.05) is 23.8 Å². The summed E-state index contributed by atoms with van der Waals surface area (Å²) >= 11 is 1.56. The number of hydrogen-bond donors (Lipinski definition) is 2. The van der Waals surface area contributed by atoms with Gasteiger partial charge in [0, 0.05) is 17.7 Å². The summed E-state index contributed by atoms with van der Waals surface area (Å²) in [7, 11) is 0. The zero-order valence-electron chi connectivity index (χ0n) is 13.7. The minimum absolute atomic E-state index is 0.00814. The van der Waals surface area contributed by atoms with Crippen molar-refractivity contribution in [2.24, 2.45) is 0 Å². The molecular formula is C19H18N2O3S. The fourth-order valence-electron chi connectivity index (χ4n) is 2.61. The first kappa shape index (κ1) is 17.0.